The number of ether oxygens (including phenoxy) is 4. The third kappa shape index (κ3) is 7.23. The van der Waals surface area contributed by atoms with Crippen molar-refractivity contribution in [2.75, 3.05) is 46.1 Å². The summed E-state index contributed by atoms with van der Waals surface area (Å²) in [5.74, 6) is 1.79. The fourth-order valence-electron chi connectivity index (χ4n) is 5.06. The first-order valence-corrected chi connectivity index (χ1v) is 13.4. The number of aromatic nitrogens is 1. The van der Waals surface area contributed by atoms with Crippen LogP contribution in [-0.4, -0.2) is 67.5 Å². The lowest BCUT2D eigenvalue weighted by Crippen LogP contribution is -2.43. The minimum Gasteiger partial charge on any atom is -0.486 e. The molecule has 0 aliphatic carbocycles. The fourth-order valence-corrected chi connectivity index (χ4v) is 5.06. The van der Waals surface area contributed by atoms with Crippen molar-refractivity contribution in [3.8, 4) is 17.2 Å². The Morgan fingerprint density at radius 1 is 1.03 bits per heavy atom. The van der Waals surface area contributed by atoms with Crippen LogP contribution in [-0.2, 0) is 22.6 Å². The fraction of sp³-hybridized carbons (Fsp3) is 0.448. The normalized spacial score (nSPS) is 15.5. The predicted octanol–water partition coefficient (Wildman–Crippen LogP) is 3.39. The molecule has 0 spiro atoms. The maximum absolute atomic E-state index is 12.7. The number of piperidine rings is 1. The minimum atomic E-state index is -0.415. The standard InChI is InChI=1S/C29H35N3O6.ClH/c1-2-35-29(34)20-38-25-5-3-4-24-23(25)7-9-28(33)32(24)15-14-31-12-10-22(11-13-31)30-19-21-6-8-26-27(18-21)37-17-16-36-26;/h3-9,18,22,30H,2,10-17,19-20H2,1H3;1H. The zero-order valence-electron chi connectivity index (χ0n) is 22.2. The number of fused-ring (bicyclic) bond motifs is 2. The molecule has 0 saturated carbocycles. The molecule has 210 valence electrons. The van der Waals surface area contributed by atoms with Crippen molar-refractivity contribution < 1.29 is 23.7 Å². The van der Waals surface area contributed by atoms with Crippen LogP contribution in [0, 0.1) is 0 Å². The third-order valence-electron chi connectivity index (χ3n) is 7.07. The summed E-state index contributed by atoms with van der Waals surface area (Å²) in [6, 6.07) is 15.5. The largest absolute Gasteiger partial charge is 0.486 e. The van der Waals surface area contributed by atoms with E-state index < -0.39 is 5.97 Å². The van der Waals surface area contributed by atoms with Gasteiger partial charge in [-0.15, -0.1) is 12.4 Å². The van der Waals surface area contributed by atoms with Gasteiger partial charge in [0.15, 0.2) is 18.1 Å². The Bertz CT molecular complexity index is 1320. The number of hydrogen-bond donors (Lipinski definition) is 1. The Labute approximate surface area is 234 Å². The second-order valence-electron chi connectivity index (χ2n) is 9.58. The van der Waals surface area contributed by atoms with Crippen LogP contribution < -0.4 is 25.1 Å². The molecule has 1 aromatic heterocycles. The number of pyridine rings is 1. The highest BCUT2D eigenvalue weighted by Gasteiger charge is 2.20. The summed E-state index contributed by atoms with van der Waals surface area (Å²) in [4.78, 5) is 26.9. The van der Waals surface area contributed by atoms with E-state index in [1.165, 1.54) is 5.56 Å². The maximum Gasteiger partial charge on any atom is 0.344 e. The summed E-state index contributed by atoms with van der Waals surface area (Å²) >= 11 is 0. The first-order chi connectivity index (χ1) is 18.6. The molecule has 5 rings (SSSR count). The van der Waals surface area contributed by atoms with Gasteiger partial charge in [-0.05, 0) is 68.8 Å². The molecular formula is C29H36ClN3O6. The first kappa shape index (κ1) is 28.7. The van der Waals surface area contributed by atoms with Gasteiger partial charge >= 0.3 is 5.97 Å². The lowest BCUT2D eigenvalue weighted by Gasteiger charge is -2.32. The average Bonchev–Trinajstić information content (AvgIpc) is 2.95. The van der Waals surface area contributed by atoms with E-state index in [9.17, 15) is 9.59 Å². The van der Waals surface area contributed by atoms with E-state index in [4.69, 9.17) is 18.9 Å². The van der Waals surface area contributed by atoms with Crippen LogP contribution in [0.4, 0.5) is 0 Å². The topological polar surface area (TPSA) is 91.3 Å². The number of benzene rings is 2. The zero-order valence-corrected chi connectivity index (χ0v) is 23.0. The number of hydrogen-bond acceptors (Lipinski definition) is 8. The summed E-state index contributed by atoms with van der Waals surface area (Å²) in [6.07, 6.45) is 2.11. The molecule has 2 aromatic carbocycles. The van der Waals surface area contributed by atoms with Gasteiger partial charge in [-0.2, -0.15) is 0 Å². The van der Waals surface area contributed by atoms with Gasteiger partial charge in [0.1, 0.15) is 19.0 Å². The molecule has 2 aliphatic heterocycles. The van der Waals surface area contributed by atoms with Crippen LogP contribution in [0.5, 0.6) is 17.2 Å². The van der Waals surface area contributed by atoms with E-state index in [0.29, 0.717) is 38.2 Å². The van der Waals surface area contributed by atoms with Gasteiger partial charge in [-0.25, -0.2) is 4.79 Å². The van der Waals surface area contributed by atoms with Crippen molar-refractivity contribution in [2.45, 2.75) is 38.9 Å². The van der Waals surface area contributed by atoms with Gasteiger partial charge in [-0.3, -0.25) is 4.79 Å². The number of halogens is 1. The van der Waals surface area contributed by atoms with Crippen molar-refractivity contribution >= 4 is 29.3 Å². The molecule has 0 bridgehead atoms. The highest BCUT2D eigenvalue weighted by molar-refractivity contribution is 5.86. The number of nitrogens with zero attached hydrogens (tertiary/aromatic N) is 2. The Morgan fingerprint density at radius 2 is 1.82 bits per heavy atom. The Balaban J connectivity index is 0.00000353. The zero-order chi connectivity index (χ0) is 26.3. The Kier molecular flexibility index (Phi) is 10.1. The summed E-state index contributed by atoms with van der Waals surface area (Å²) in [5, 5.41) is 4.49. The maximum atomic E-state index is 12.7. The van der Waals surface area contributed by atoms with Crippen molar-refractivity contribution in [3.05, 3.63) is 64.4 Å². The lowest BCUT2D eigenvalue weighted by molar-refractivity contribution is -0.145. The molecule has 0 amide bonds. The SMILES string of the molecule is CCOC(=O)COc1cccc2c1ccc(=O)n2CCN1CCC(NCc2ccc3c(c2)OCCO3)CC1.Cl. The number of carbonyl (C=O) groups is 1. The van der Waals surface area contributed by atoms with Crippen LogP contribution >= 0.6 is 12.4 Å². The lowest BCUT2D eigenvalue weighted by atomic mass is 10.0. The summed E-state index contributed by atoms with van der Waals surface area (Å²) in [5.41, 5.74) is 1.95. The van der Waals surface area contributed by atoms with E-state index in [0.717, 1.165) is 61.4 Å². The minimum absolute atomic E-state index is 0. The van der Waals surface area contributed by atoms with E-state index >= 15 is 0 Å². The molecule has 2 aliphatic rings. The monoisotopic (exact) mass is 557 g/mol. The Morgan fingerprint density at radius 3 is 2.62 bits per heavy atom. The van der Waals surface area contributed by atoms with Crippen molar-refractivity contribution in [2.24, 2.45) is 0 Å². The van der Waals surface area contributed by atoms with Crippen LogP contribution in [0.3, 0.4) is 0 Å². The van der Waals surface area contributed by atoms with Gasteiger partial charge < -0.3 is 33.7 Å². The average molecular weight is 558 g/mol. The summed E-state index contributed by atoms with van der Waals surface area (Å²) in [7, 11) is 0. The number of rotatable bonds is 10. The van der Waals surface area contributed by atoms with Gasteiger partial charge in [-0.1, -0.05) is 12.1 Å². The first-order valence-electron chi connectivity index (χ1n) is 13.4. The molecule has 0 unspecified atom stereocenters. The third-order valence-corrected chi connectivity index (χ3v) is 7.07. The van der Waals surface area contributed by atoms with Crippen LogP contribution in [0.1, 0.15) is 25.3 Å². The van der Waals surface area contributed by atoms with Crippen LogP contribution in [0.2, 0.25) is 0 Å². The number of carbonyl (C=O) groups excluding carboxylic acids is 1. The molecule has 10 heteroatoms. The van der Waals surface area contributed by atoms with Gasteiger partial charge in [0.2, 0.25) is 0 Å². The quantitative estimate of drug-likeness (QED) is 0.379. The summed E-state index contributed by atoms with van der Waals surface area (Å²) < 4.78 is 23.7. The highest BCUT2D eigenvalue weighted by atomic mass is 35.5. The predicted molar refractivity (Wildman–Crippen MR) is 151 cm³/mol. The second-order valence-corrected chi connectivity index (χ2v) is 9.58. The smallest absolute Gasteiger partial charge is 0.344 e. The van der Waals surface area contributed by atoms with Gasteiger partial charge in [0, 0.05) is 37.1 Å². The van der Waals surface area contributed by atoms with E-state index in [1.54, 1.807) is 29.7 Å². The molecular weight excluding hydrogens is 522 g/mol. The summed E-state index contributed by atoms with van der Waals surface area (Å²) in [6.45, 7) is 7.24. The molecule has 1 fully saturated rings. The molecule has 0 atom stereocenters. The number of nitrogens with one attached hydrogen (secondary N) is 1. The van der Waals surface area contributed by atoms with Crippen molar-refractivity contribution in [1.82, 2.24) is 14.8 Å². The molecule has 39 heavy (non-hydrogen) atoms. The van der Waals surface area contributed by atoms with Gasteiger partial charge in [0.25, 0.3) is 5.56 Å². The van der Waals surface area contributed by atoms with E-state index in [-0.39, 0.29) is 24.6 Å². The van der Waals surface area contributed by atoms with Crippen LogP contribution in [0.15, 0.2) is 53.3 Å². The Hall–Kier alpha value is -3.27. The van der Waals surface area contributed by atoms with Gasteiger partial charge in [0.05, 0.1) is 12.1 Å². The van der Waals surface area contributed by atoms with E-state index in [1.807, 2.05) is 18.2 Å². The molecule has 3 heterocycles. The molecule has 3 aromatic rings. The molecule has 0 radical (unpaired) electrons. The highest BCUT2D eigenvalue weighted by Crippen LogP contribution is 2.31. The van der Waals surface area contributed by atoms with Crippen LogP contribution in [0.25, 0.3) is 10.9 Å². The van der Waals surface area contributed by atoms with E-state index in [2.05, 4.69) is 22.3 Å². The molecule has 1 saturated heterocycles. The molecule has 9 nitrogen and oxygen atoms in total. The second kappa shape index (κ2) is 13.7. The molecule has 1 N–H and O–H groups in total. The van der Waals surface area contributed by atoms with Crippen molar-refractivity contribution in [1.29, 1.82) is 0 Å². The van der Waals surface area contributed by atoms with Crippen molar-refractivity contribution in [3.63, 3.8) is 0 Å². The number of likely N-dealkylation sites (tertiary alicyclic amines) is 1. The number of esters is 1.